The Morgan fingerprint density at radius 3 is 2.30 bits per heavy atom. The second-order valence-electron chi connectivity index (χ2n) is 4.46. The second-order valence-corrected chi connectivity index (χ2v) is 4.89. The van der Waals surface area contributed by atoms with Gasteiger partial charge in [-0.25, -0.2) is 4.79 Å². The molecule has 0 saturated heterocycles. The van der Waals surface area contributed by atoms with Gasteiger partial charge < -0.3 is 15.2 Å². The van der Waals surface area contributed by atoms with Gasteiger partial charge in [-0.2, -0.15) is 0 Å². The molecule has 20 heavy (non-hydrogen) atoms. The minimum absolute atomic E-state index is 0.00367. The number of nitrogens with one attached hydrogen (secondary N) is 1. The van der Waals surface area contributed by atoms with Crippen molar-refractivity contribution < 1.29 is 19.4 Å². The van der Waals surface area contributed by atoms with Crippen LogP contribution in [0.15, 0.2) is 47.6 Å². The van der Waals surface area contributed by atoms with Crippen molar-refractivity contribution in [1.82, 2.24) is 0 Å². The van der Waals surface area contributed by atoms with Gasteiger partial charge in [0.25, 0.3) is 5.91 Å². The lowest BCUT2D eigenvalue weighted by Crippen LogP contribution is -2.24. The van der Waals surface area contributed by atoms with Crippen LogP contribution in [0.5, 0.6) is 0 Å². The van der Waals surface area contributed by atoms with Gasteiger partial charge in [-0.1, -0.05) is 23.8 Å². The molecule has 102 valence electrons. The molecule has 0 aliphatic carbocycles. The Morgan fingerprint density at radius 2 is 1.70 bits per heavy atom. The van der Waals surface area contributed by atoms with Crippen LogP contribution in [0.1, 0.15) is 0 Å². The highest BCUT2D eigenvalue weighted by molar-refractivity contribution is 6.30. The molecule has 2 aliphatic rings. The maximum atomic E-state index is 12.2. The third-order valence-corrected chi connectivity index (χ3v) is 3.44. The predicted octanol–water partition coefficient (Wildman–Crippen LogP) is 2.00. The number of benzene rings is 1. The smallest absolute Gasteiger partial charge is 0.335 e. The number of hydrogen-bond donors (Lipinski definition) is 2. The molecule has 2 atom stereocenters. The molecule has 3 rings (SSSR count). The summed E-state index contributed by atoms with van der Waals surface area (Å²) in [5.41, 5.74) is 0.701. The predicted molar refractivity (Wildman–Crippen MR) is 72.5 cm³/mol. The summed E-state index contributed by atoms with van der Waals surface area (Å²) in [6, 6.07) is 6.57. The van der Waals surface area contributed by atoms with Gasteiger partial charge in [0.1, 0.15) is 12.2 Å². The van der Waals surface area contributed by atoms with E-state index in [4.69, 9.17) is 16.3 Å². The molecule has 2 aliphatic heterocycles. The summed E-state index contributed by atoms with van der Waals surface area (Å²) in [6.07, 6.45) is 2.11. The van der Waals surface area contributed by atoms with E-state index in [-0.39, 0.29) is 11.1 Å². The Morgan fingerprint density at radius 1 is 1.10 bits per heavy atom. The number of carbonyl (C=O) groups excluding carboxylic acids is 1. The van der Waals surface area contributed by atoms with E-state index in [1.807, 2.05) is 0 Å². The molecule has 0 radical (unpaired) electrons. The van der Waals surface area contributed by atoms with Crippen molar-refractivity contribution in [3.8, 4) is 0 Å². The number of carboxylic acid groups (broad SMARTS) is 1. The Bertz CT molecular complexity index is 648. The number of carbonyl (C=O) groups is 2. The van der Waals surface area contributed by atoms with E-state index < -0.39 is 24.1 Å². The van der Waals surface area contributed by atoms with Crippen LogP contribution in [0.3, 0.4) is 0 Å². The van der Waals surface area contributed by atoms with Crippen molar-refractivity contribution in [3.63, 3.8) is 0 Å². The summed E-state index contributed by atoms with van der Waals surface area (Å²) in [6.45, 7) is 0. The third kappa shape index (κ3) is 2.11. The zero-order valence-electron chi connectivity index (χ0n) is 10.2. The van der Waals surface area contributed by atoms with Crippen LogP contribution >= 0.6 is 11.6 Å². The molecule has 0 spiro atoms. The maximum Gasteiger partial charge on any atom is 0.335 e. The van der Waals surface area contributed by atoms with Gasteiger partial charge in [-0.15, -0.1) is 0 Å². The first kappa shape index (κ1) is 12.9. The zero-order valence-corrected chi connectivity index (χ0v) is 10.9. The standard InChI is InChI=1S/C14H10ClNO4/c15-7-1-3-8(4-2-7)16-13(17)11-9-5-6-10(20-9)12(11)14(18)19/h1-6,9-10H,(H,16,17)(H,18,19)/t9-,10-/m0/s1. The first-order valence-electron chi connectivity index (χ1n) is 5.94. The van der Waals surface area contributed by atoms with E-state index in [0.29, 0.717) is 10.7 Å². The van der Waals surface area contributed by atoms with Gasteiger partial charge in [-0.3, -0.25) is 4.79 Å². The number of halogens is 1. The number of amides is 1. The fourth-order valence-corrected chi connectivity index (χ4v) is 2.43. The van der Waals surface area contributed by atoms with E-state index in [9.17, 15) is 14.7 Å². The van der Waals surface area contributed by atoms with Gasteiger partial charge in [0, 0.05) is 10.7 Å². The number of ether oxygens (including phenoxy) is 1. The number of anilines is 1. The average Bonchev–Trinajstić information content (AvgIpc) is 3.01. The van der Waals surface area contributed by atoms with Gasteiger partial charge >= 0.3 is 5.97 Å². The normalized spacial score (nSPS) is 23.2. The van der Waals surface area contributed by atoms with Crippen LogP contribution in [0, 0.1) is 0 Å². The summed E-state index contributed by atoms with van der Waals surface area (Å²) in [7, 11) is 0. The van der Waals surface area contributed by atoms with Crippen LogP contribution in [0.4, 0.5) is 5.69 Å². The van der Waals surface area contributed by atoms with Crippen molar-refractivity contribution in [2.24, 2.45) is 0 Å². The van der Waals surface area contributed by atoms with Crippen LogP contribution in [0.2, 0.25) is 5.02 Å². The molecular weight excluding hydrogens is 282 g/mol. The minimum atomic E-state index is -1.14. The molecule has 2 heterocycles. The molecule has 6 heteroatoms. The van der Waals surface area contributed by atoms with E-state index in [1.165, 1.54) is 0 Å². The van der Waals surface area contributed by atoms with Crippen molar-refractivity contribution in [1.29, 1.82) is 0 Å². The van der Waals surface area contributed by atoms with Gasteiger partial charge in [0.2, 0.25) is 0 Å². The Labute approximate surface area is 119 Å². The van der Waals surface area contributed by atoms with Gasteiger partial charge in [-0.05, 0) is 24.3 Å². The number of rotatable bonds is 3. The van der Waals surface area contributed by atoms with Crippen LogP contribution in [-0.4, -0.2) is 29.2 Å². The lowest BCUT2D eigenvalue weighted by atomic mass is 9.96. The summed E-state index contributed by atoms with van der Waals surface area (Å²) in [5.74, 6) is -1.61. The number of carboxylic acids is 1. The minimum Gasteiger partial charge on any atom is -0.478 e. The molecule has 5 nitrogen and oxygen atoms in total. The molecule has 2 N–H and O–H groups in total. The van der Waals surface area contributed by atoms with Crippen molar-refractivity contribution in [2.45, 2.75) is 12.2 Å². The van der Waals surface area contributed by atoms with E-state index in [0.717, 1.165) is 0 Å². The van der Waals surface area contributed by atoms with Crippen LogP contribution in [-0.2, 0) is 14.3 Å². The van der Waals surface area contributed by atoms with Crippen LogP contribution < -0.4 is 5.32 Å². The van der Waals surface area contributed by atoms with Crippen LogP contribution in [0.25, 0.3) is 0 Å². The number of fused-ring (bicyclic) bond motifs is 2. The molecule has 1 aromatic rings. The van der Waals surface area contributed by atoms with Crippen molar-refractivity contribution in [3.05, 3.63) is 52.6 Å². The lowest BCUT2D eigenvalue weighted by molar-refractivity contribution is -0.133. The van der Waals surface area contributed by atoms with Gasteiger partial charge in [0.05, 0.1) is 11.1 Å². The first-order valence-corrected chi connectivity index (χ1v) is 6.32. The summed E-state index contributed by atoms with van der Waals surface area (Å²) in [4.78, 5) is 23.5. The fraction of sp³-hybridized carbons (Fsp3) is 0.143. The summed E-state index contributed by atoms with van der Waals surface area (Å²) < 4.78 is 5.39. The third-order valence-electron chi connectivity index (χ3n) is 3.19. The topological polar surface area (TPSA) is 75.6 Å². The number of aliphatic carboxylic acids is 1. The number of hydrogen-bond acceptors (Lipinski definition) is 3. The van der Waals surface area contributed by atoms with E-state index >= 15 is 0 Å². The molecule has 1 aromatic carbocycles. The fourth-order valence-electron chi connectivity index (χ4n) is 2.31. The Hall–Kier alpha value is -2.11. The monoisotopic (exact) mass is 291 g/mol. The maximum absolute atomic E-state index is 12.2. The Kier molecular flexibility index (Phi) is 3.08. The second kappa shape index (κ2) is 4.77. The highest BCUT2D eigenvalue weighted by atomic mass is 35.5. The largest absolute Gasteiger partial charge is 0.478 e. The molecule has 0 fully saturated rings. The highest BCUT2D eigenvalue weighted by Gasteiger charge is 2.42. The average molecular weight is 292 g/mol. The highest BCUT2D eigenvalue weighted by Crippen LogP contribution is 2.35. The van der Waals surface area contributed by atoms with Gasteiger partial charge in [0.15, 0.2) is 0 Å². The van der Waals surface area contributed by atoms with Crippen molar-refractivity contribution in [2.75, 3.05) is 5.32 Å². The molecule has 1 amide bonds. The molecular formula is C14H10ClNO4. The SMILES string of the molecule is O=C(O)C1=C(C(=O)Nc2ccc(Cl)cc2)[C@@H]2C=C[C@@H]1O2. The van der Waals surface area contributed by atoms with Crippen molar-refractivity contribution >= 4 is 29.2 Å². The molecule has 0 unspecified atom stereocenters. The van der Waals surface area contributed by atoms with E-state index in [1.54, 1.807) is 36.4 Å². The molecule has 0 aromatic heterocycles. The summed E-state index contributed by atoms with van der Waals surface area (Å²) >= 11 is 5.76. The first-order chi connectivity index (χ1) is 9.56. The molecule has 0 saturated carbocycles. The zero-order chi connectivity index (χ0) is 14.3. The lowest BCUT2D eigenvalue weighted by Gasteiger charge is -2.11. The van der Waals surface area contributed by atoms with E-state index in [2.05, 4.69) is 5.32 Å². The summed E-state index contributed by atoms with van der Waals surface area (Å²) in [5, 5.41) is 12.4. The quantitative estimate of drug-likeness (QED) is 0.835. The molecule has 2 bridgehead atoms. The Balaban J connectivity index is 1.86.